The van der Waals surface area contributed by atoms with Gasteiger partial charge in [0.25, 0.3) is 0 Å². The lowest BCUT2D eigenvalue weighted by Crippen LogP contribution is -2.46. The van der Waals surface area contributed by atoms with Gasteiger partial charge in [0.05, 0.1) is 60.6 Å². The molecule has 8 nitrogen and oxygen atoms in total. The smallest absolute Gasteiger partial charge is 0.229 e. The predicted octanol–water partition coefficient (Wildman–Crippen LogP) is 2.38. The molecule has 0 spiro atoms. The minimum atomic E-state index is -1.04. The lowest BCUT2D eigenvalue weighted by Gasteiger charge is -2.29. The number of aliphatic hydroxyl groups excluding tert-OH is 2. The first-order valence-corrected chi connectivity index (χ1v) is 12.1. The maximum Gasteiger partial charge on any atom is 0.229 e. The molecule has 2 aliphatic heterocycles. The van der Waals surface area contributed by atoms with Crippen LogP contribution in [0.25, 0.3) is 21.8 Å². The van der Waals surface area contributed by atoms with E-state index < -0.39 is 25.0 Å². The molecule has 2 aromatic heterocycles. The summed E-state index contributed by atoms with van der Waals surface area (Å²) in [4.78, 5) is 39.6. The first kappa shape index (κ1) is 22.6. The average molecular weight is 483 g/mol. The van der Waals surface area contributed by atoms with Crippen LogP contribution in [0.2, 0.25) is 0 Å². The van der Waals surface area contributed by atoms with E-state index in [0.29, 0.717) is 26.2 Å². The highest BCUT2D eigenvalue weighted by atomic mass is 16.3. The van der Waals surface area contributed by atoms with Crippen LogP contribution in [0.1, 0.15) is 22.5 Å². The van der Waals surface area contributed by atoms with Gasteiger partial charge in [-0.2, -0.15) is 0 Å². The molecular formula is C28H26N4O4. The summed E-state index contributed by atoms with van der Waals surface area (Å²) < 4.78 is 0. The molecule has 8 heteroatoms. The number of aliphatic hydroxyl groups is 2. The van der Waals surface area contributed by atoms with Crippen molar-refractivity contribution in [1.82, 2.24) is 19.8 Å². The number of rotatable bonds is 5. The van der Waals surface area contributed by atoms with Crippen molar-refractivity contribution < 1.29 is 19.8 Å². The molecule has 4 heterocycles. The van der Waals surface area contributed by atoms with Crippen molar-refractivity contribution in [2.75, 3.05) is 13.2 Å². The Morgan fingerprint density at radius 1 is 0.694 bits per heavy atom. The van der Waals surface area contributed by atoms with Crippen molar-refractivity contribution in [2.45, 2.75) is 26.2 Å². The molecule has 2 unspecified atom stereocenters. The van der Waals surface area contributed by atoms with Crippen molar-refractivity contribution in [2.24, 2.45) is 11.8 Å². The first-order valence-electron chi connectivity index (χ1n) is 12.1. The Labute approximate surface area is 207 Å². The highest BCUT2D eigenvalue weighted by molar-refractivity contribution is 5.89. The maximum absolute atomic E-state index is 13.5. The molecule has 0 radical (unpaired) electrons. The van der Waals surface area contributed by atoms with Gasteiger partial charge in [0.2, 0.25) is 11.8 Å². The summed E-state index contributed by atoms with van der Waals surface area (Å²) >= 11 is 0. The van der Waals surface area contributed by atoms with Crippen LogP contribution < -0.4 is 0 Å². The molecule has 2 amide bonds. The van der Waals surface area contributed by atoms with E-state index in [-0.39, 0.29) is 11.8 Å². The van der Waals surface area contributed by atoms with Gasteiger partial charge in [-0.1, -0.05) is 36.4 Å². The van der Waals surface area contributed by atoms with E-state index in [1.54, 1.807) is 9.80 Å². The summed E-state index contributed by atoms with van der Waals surface area (Å²) in [5.74, 6) is -2.79. The molecule has 0 bridgehead atoms. The van der Waals surface area contributed by atoms with Crippen LogP contribution in [-0.4, -0.2) is 55.0 Å². The number of amides is 2. The van der Waals surface area contributed by atoms with Crippen LogP contribution in [0.3, 0.4) is 0 Å². The molecule has 2 N–H and O–H groups in total. The van der Waals surface area contributed by atoms with Crippen molar-refractivity contribution in [3.63, 3.8) is 0 Å². The quantitative estimate of drug-likeness (QED) is 0.452. The largest absolute Gasteiger partial charge is 0.396 e. The summed E-state index contributed by atoms with van der Waals surface area (Å²) in [6, 6.07) is 19.6. The number of fused-ring (bicyclic) bond motifs is 4. The molecule has 4 aromatic rings. The molecule has 2 aliphatic rings. The molecule has 2 atom stereocenters. The molecular weight excluding hydrogens is 456 g/mol. The molecule has 6 rings (SSSR count). The SMILES string of the molecule is O=C(C(CO)C(CO)C(=O)N1Cc2cc3ccccc3nc2C1)N1Cc2cc3ccccc3nc2C1. The Balaban J connectivity index is 1.20. The first-order chi connectivity index (χ1) is 17.6. The fourth-order valence-electron chi connectivity index (χ4n) is 5.37. The van der Waals surface area contributed by atoms with Gasteiger partial charge in [-0.25, -0.2) is 0 Å². The molecule has 0 saturated carbocycles. The van der Waals surface area contributed by atoms with Gasteiger partial charge in [-0.3, -0.25) is 19.6 Å². The van der Waals surface area contributed by atoms with Gasteiger partial charge in [0.15, 0.2) is 0 Å². The number of hydrogen-bond acceptors (Lipinski definition) is 6. The van der Waals surface area contributed by atoms with Crippen molar-refractivity contribution in [3.05, 3.63) is 83.2 Å². The summed E-state index contributed by atoms with van der Waals surface area (Å²) in [6.07, 6.45) is 0. The average Bonchev–Trinajstić information content (AvgIpc) is 3.51. The molecule has 0 fully saturated rings. The van der Waals surface area contributed by atoms with Crippen LogP contribution in [0.4, 0.5) is 0 Å². The summed E-state index contributed by atoms with van der Waals surface area (Å²) in [5.41, 5.74) is 5.28. The maximum atomic E-state index is 13.5. The fraction of sp³-hybridized carbons (Fsp3) is 0.286. The highest BCUT2D eigenvalue weighted by Gasteiger charge is 2.40. The summed E-state index contributed by atoms with van der Waals surface area (Å²) in [7, 11) is 0. The van der Waals surface area contributed by atoms with E-state index >= 15 is 0 Å². The Morgan fingerprint density at radius 3 is 1.53 bits per heavy atom. The van der Waals surface area contributed by atoms with Crippen LogP contribution in [-0.2, 0) is 35.8 Å². The van der Waals surface area contributed by atoms with E-state index in [1.807, 2.05) is 60.7 Å². The number of aromatic nitrogens is 2. The standard InChI is InChI=1S/C28H26N4O4/c33-15-21(27(35)31-11-19-9-17-5-1-3-7-23(17)29-25(19)13-31)22(16-34)28(36)32-12-20-10-18-6-2-4-8-24(18)30-26(20)14-32/h1-10,21-22,33-34H,11-16H2. The molecule has 0 aliphatic carbocycles. The Hall–Kier alpha value is -3.88. The van der Waals surface area contributed by atoms with Crippen molar-refractivity contribution in [1.29, 1.82) is 0 Å². The minimum absolute atomic E-state index is 0.313. The second kappa shape index (κ2) is 8.96. The molecule has 182 valence electrons. The fourth-order valence-corrected chi connectivity index (χ4v) is 5.37. The van der Waals surface area contributed by atoms with Gasteiger partial charge in [-0.15, -0.1) is 0 Å². The topological polar surface area (TPSA) is 107 Å². The van der Waals surface area contributed by atoms with Gasteiger partial charge < -0.3 is 20.0 Å². The number of carbonyl (C=O) groups is 2. The normalized spacial score (nSPS) is 16.3. The zero-order valence-corrected chi connectivity index (χ0v) is 19.7. The van der Waals surface area contributed by atoms with Crippen molar-refractivity contribution >= 4 is 33.6 Å². The van der Waals surface area contributed by atoms with Crippen molar-refractivity contribution in [3.8, 4) is 0 Å². The lowest BCUT2D eigenvalue weighted by atomic mass is 9.90. The third kappa shape index (κ3) is 3.79. The van der Waals surface area contributed by atoms with Crippen LogP contribution in [0, 0.1) is 11.8 Å². The number of pyridine rings is 2. The van der Waals surface area contributed by atoms with Crippen LogP contribution in [0.15, 0.2) is 60.7 Å². The van der Waals surface area contributed by atoms with Gasteiger partial charge in [0.1, 0.15) is 0 Å². The van der Waals surface area contributed by atoms with E-state index in [4.69, 9.17) is 9.97 Å². The van der Waals surface area contributed by atoms with E-state index in [2.05, 4.69) is 0 Å². The van der Waals surface area contributed by atoms with E-state index in [0.717, 1.165) is 44.3 Å². The van der Waals surface area contributed by atoms with Gasteiger partial charge in [0, 0.05) is 23.9 Å². The Morgan fingerprint density at radius 2 is 1.11 bits per heavy atom. The van der Waals surface area contributed by atoms with Crippen LogP contribution in [0.5, 0.6) is 0 Å². The Bertz CT molecular complexity index is 1300. The van der Waals surface area contributed by atoms with E-state index in [1.165, 1.54) is 0 Å². The second-order valence-corrected chi connectivity index (χ2v) is 9.54. The summed E-state index contributed by atoms with van der Waals surface area (Å²) in [6.45, 7) is 0.296. The number of hydrogen-bond donors (Lipinski definition) is 2. The monoisotopic (exact) mass is 482 g/mol. The minimum Gasteiger partial charge on any atom is -0.396 e. The zero-order chi connectivity index (χ0) is 24.8. The molecule has 36 heavy (non-hydrogen) atoms. The third-order valence-electron chi connectivity index (χ3n) is 7.33. The number of carbonyl (C=O) groups excluding carboxylic acids is 2. The van der Waals surface area contributed by atoms with Gasteiger partial charge in [-0.05, 0) is 35.4 Å². The highest BCUT2D eigenvalue weighted by Crippen LogP contribution is 2.31. The lowest BCUT2D eigenvalue weighted by molar-refractivity contribution is -0.150. The van der Waals surface area contributed by atoms with E-state index in [9.17, 15) is 19.8 Å². The van der Waals surface area contributed by atoms with Crippen LogP contribution >= 0.6 is 0 Å². The number of benzene rings is 2. The number of para-hydroxylation sites is 2. The second-order valence-electron chi connectivity index (χ2n) is 9.54. The summed E-state index contributed by atoms with van der Waals surface area (Å²) in [5, 5.41) is 22.3. The zero-order valence-electron chi connectivity index (χ0n) is 19.7. The molecule has 0 saturated heterocycles. The Kier molecular flexibility index (Phi) is 5.62. The molecule has 2 aromatic carbocycles. The predicted molar refractivity (Wildman–Crippen MR) is 133 cm³/mol. The van der Waals surface area contributed by atoms with Gasteiger partial charge >= 0.3 is 0 Å². The number of nitrogens with zero attached hydrogens (tertiary/aromatic N) is 4. The third-order valence-corrected chi connectivity index (χ3v) is 7.33.